The SMILES string of the molecule is C#CCn1c(CC)nc(-c2ccc(OC)c(C#N)c2)c1N. The summed E-state index contributed by atoms with van der Waals surface area (Å²) in [5.74, 6) is 4.44. The molecule has 0 aliphatic carbocycles. The van der Waals surface area contributed by atoms with E-state index in [1.54, 1.807) is 12.1 Å². The Kier molecular flexibility index (Phi) is 4.15. The molecule has 1 aromatic carbocycles. The van der Waals surface area contributed by atoms with Gasteiger partial charge in [-0.15, -0.1) is 6.42 Å². The maximum Gasteiger partial charge on any atom is 0.136 e. The molecular formula is C16H16N4O. The number of aromatic nitrogens is 2. The number of terminal acetylenes is 1. The molecule has 0 saturated heterocycles. The van der Waals surface area contributed by atoms with Gasteiger partial charge in [-0.3, -0.25) is 0 Å². The predicted octanol–water partition coefficient (Wildman–Crippen LogP) is 2.21. The number of hydrogen-bond donors (Lipinski definition) is 1. The number of benzene rings is 1. The Hall–Kier alpha value is -2.92. The Balaban J connectivity index is 2.58. The van der Waals surface area contributed by atoms with Gasteiger partial charge < -0.3 is 15.0 Å². The molecule has 5 heteroatoms. The minimum Gasteiger partial charge on any atom is -0.495 e. The van der Waals surface area contributed by atoms with E-state index in [1.165, 1.54) is 7.11 Å². The summed E-state index contributed by atoms with van der Waals surface area (Å²) in [6, 6.07) is 7.39. The van der Waals surface area contributed by atoms with Crippen molar-refractivity contribution in [2.24, 2.45) is 0 Å². The van der Waals surface area contributed by atoms with Crippen molar-refractivity contribution in [1.29, 1.82) is 5.26 Å². The van der Waals surface area contributed by atoms with Crippen molar-refractivity contribution in [3.63, 3.8) is 0 Å². The highest BCUT2D eigenvalue weighted by Gasteiger charge is 2.16. The highest BCUT2D eigenvalue weighted by atomic mass is 16.5. The molecule has 0 unspecified atom stereocenters. The fourth-order valence-electron chi connectivity index (χ4n) is 2.21. The summed E-state index contributed by atoms with van der Waals surface area (Å²) in [4.78, 5) is 4.54. The molecule has 0 saturated carbocycles. The van der Waals surface area contributed by atoms with Gasteiger partial charge in [0.2, 0.25) is 0 Å². The van der Waals surface area contributed by atoms with Crippen LogP contribution in [0.3, 0.4) is 0 Å². The van der Waals surface area contributed by atoms with E-state index >= 15 is 0 Å². The Morgan fingerprint density at radius 3 is 2.81 bits per heavy atom. The number of nitriles is 1. The van der Waals surface area contributed by atoms with Crippen molar-refractivity contribution < 1.29 is 4.74 Å². The normalized spacial score (nSPS) is 9.90. The van der Waals surface area contributed by atoms with Gasteiger partial charge >= 0.3 is 0 Å². The van der Waals surface area contributed by atoms with Crippen LogP contribution in [0.15, 0.2) is 18.2 Å². The van der Waals surface area contributed by atoms with Crippen molar-refractivity contribution in [1.82, 2.24) is 9.55 Å². The fourth-order valence-corrected chi connectivity index (χ4v) is 2.21. The fraction of sp³-hybridized carbons (Fsp3) is 0.250. The van der Waals surface area contributed by atoms with Crippen LogP contribution < -0.4 is 10.5 Å². The van der Waals surface area contributed by atoms with Gasteiger partial charge in [0.15, 0.2) is 0 Å². The minimum absolute atomic E-state index is 0.378. The second-order valence-electron chi connectivity index (χ2n) is 4.43. The van der Waals surface area contributed by atoms with Crippen LogP contribution in [0, 0.1) is 23.7 Å². The highest BCUT2D eigenvalue weighted by molar-refractivity contribution is 5.73. The topological polar surface area (TPSA) is 76.9 Å². The number of anilines is 1. The minimum atomic E-state index is 0.378. The maximum atomic E-state index is 9.17. The third-order valence-electron chi connectivity index (χ3n) is 3.24. The van der Waals surface area contributed by atoms with E-state index in [0.29, 0.717) is 29.4 Å². The number of aryl methyl sites for hydroxylation is 1. The van der Waals surface area contributed by atoms with Gasteiger partial charge in [-0.05, 0) is 18.2 Å². The first-order chi connectivity index (χ1) is 10.2. The van der Waals surface area contributed by atoms with Crippen molar-refractivity contribution in [2.45, 2.75) is 19.9 Å². The van der Waals surface area contributed by atoms with E-state index in [1.807, 2.05) is 17.6 Å². The second kappa shape index (κ2) is 6.02. The van der Waals surface area contributed by atoms with E-state index in [2.05, 4.69) is 17.0 Å². The zero-order valence-electron chi connectivity index (χ0n) is 12.1. The van der Waals surface area contributed by atoms with Crippen molar-refractivity contribution >= 4 is 5.82 Å². The first-order valence-corrected chi connectivity index (χ1v) is 6.53. The van der Waals surface area contributed by atoms with Crippen molar-refractivity contribution in [2.75, 3.05) is 12.8 Å². The lowest BCUT2D eigenvalue weighted by Crippen LogP contribution is -2.05. The molecule has 0 radical (unpaired) electrons. The summed E-state index contributed by atoms with van der Waals surface area (Å²) < 4.78 is 6.95. The largest absolute Gasteiger partial charge is 0.495 e. The van der Waals surface area contributed by atoms with Crippen LogP contribution in [0.2, 0.25) is 0 Å². The molecule has 1 aromatic heterocycles. The molecule has 0 aliphatic rings. The number of rotatable bonds is 4. The van der Waals surface area contributed by atoms with E-state index in [-0.39, 0.29) is 0 Å². The highest BCUT2D eigenvalue weighted by Crippen LogP contribution is 2.30. The Morgan fingerprint density at radius 2 is 2.24 bits per heavy atom. The van der Waals surface area contributed by atoms with Crippen molar-refractivity contribution in [3.05, 3.63) is 29.6 Å². The van der Waals surface area contributed by atoms with Gasteiger partial charge in [-0.2, -0.15) is 5.26 Å². The van der Waals surface area contributed by atoms with Crippen LogP contribution in [0.25, 0.3) is 11.3 Å². The van der Waals surface area contributed by atoms with Crippen LogP contribution in [0.5, 0.6) is 5.75 Å². The third-order valence-corrected chi connectivity index (χ3v) is 3.24. The van der Waals surface area contributed by atoms with Gasteiger partial charge in [0.05, 0.1) is 19.2 Å². The Labute approximate surface area is 124 Å². The first kappa shape index (κ1) is 14.5. The molecule has 2 N–H and O–H groups in total. The van der Waals surface area contributed by atoms with Gasteiger partial charge in [0, 0.05) is 12.0 Å². The summed E-state index contributed by atoms with van der Waals surface area (Å²) in [7, 11) is 1.53. The summed E-state index contributed by atoms with van der Waals surface area (Å²) in [5.41, 5.74) is 8.01. The quantitative estimate of drug-likeness (QED) is 0.871. The number of imidazole rings is 1. The smallest absolute Gasteiger partial charge is 0.136 e. The lowest BCUT2D eigenvalue weighted by molar-refractivity contribution is 0.413. The van der Waals surface area contributed by atoms with Gasteiger partial charge in [-0.1, -0.05) is 12.8 Å². The average molecular weight is 280 g/mol. The molecule has 2 rings (SSSR count). The molecule has 5 nitrogen and oxygen atoms in total. The second-order valence-corrected chi connectivity index (χ2v) is 4.43. The van der Waals surface area contributed by atoms with Crippen LogP contribution in [0.1, 0.15) is 18.3 Å². The summed E-state index contributed by atoms with van der Waals surface area (Å²) in [6.45, 7) is 2.37. The summed E-state index contributed by atoms with van der Waals surface area (Å²) >= 11 is 0. The Morgan fingerprint density at radius 1 is 1.48 bits per heavy atom. The van der Waals surface area contributed by atoms with E-state index in [4.69, 9.17) is 22.2 Å². The third kappa shape index (κ3) is 2.54. The number of ether oxygens (including phenoxy) is 1. The van der Waals surface area contributed by atoms with Gasteiger partial charge in [-0.25, -0.2) is 4.98 Å². The molecule has 1 heterocycles. The van der Waals surface area contributed by atoms with E-state index in [0.717, 1.165) is 17.8 Å². The number of hydrogen-bond acceptors (Lipinski definition) is 4. The van der Waals surface area contributed by atoms with Crippen molar-refractivity contribution in [3.8, 4) is 35.4 Å². The van der Waals surface area contributed by atoms with Gasteiger partial charge in [0.1, 0.15) is 29.2 Å². The summed E-state index contributed by atoms with van der Waals surface area (Å²) in [5, 5.41) is 9.17. The molecular weight excluding hydrogens is 264 g/mol. The van der Waals surface area contributed by atoms with Crippen LogP contribution in [0.4, 0.5) is 5.82 Å². The number of nitrogens with zero attached hydrogens (tertiary/aromatic N) is 3. The van der Waals surface area contributed by atoms with E-state index in [9.17, 15) is 0 Å². The predicted molar refractivity (Wildman–Crippen MR) is 81.6 cm³/mol. The lowest BCUT2D eigenvalue weighted by Gasteiger charge is -2.06. The number of nitrogen functional groups attached to an aromatic ring is 1. The van der Waals surface area contributed by atoms with Crippen LogP contribution in [-0.4, -0.2) is 16.7 Å². The molecule has 106 valence electrons. The van der Waals surface area contributed by atoms with E-state index < -0.39 is 0 Å². The Bertz CT molecular complexity index is 747. The molecule has 21 heavy (non-hydrogen) atoms. The maximum absolute atomic E-state index is 9.17. The van der Waals surface area contributed by atoms with Crippen LogP contribution >= 0.6 is 0 Å². The summed E-state index contributed by atoms with van der Waals surface area (Å²) in [6.07, 6.45) is 6.10. The van der Waals surface area contributed by atoms with Crippen LogP contribution in [-0.2, 0) is 13.0 Å². The standard InChI is InChI=1S/C16H16N4O/c1-4-8-20-14(5-2)19-15(16(20)18)11-6-7-13(21-3)12(9-11)10-17/h1,6-7,9H,5,8,18H2,2-3H3. The lowest BCUT2D eigenvalue weighted by atomic mass is 10.1. The monoisotopic (exact) mass is 280 g/mol. The molecule has 2 aromatic rings. The molecule has 0 aliphatic heterocycles. The average Bonchev–Trinajstić information content (AvgIpc) is 2.83. The van der Waals surface area contributed by atoms with Gasteiger partial charge in [0.25, 0.3) is 0 Å². The first-order valence-electron chi connectivity index (χ1n) is 6.53. The molecule has 0 bridgehead atoms. The zero-order valence-corrected chi connectivity index (χ0v) is 12.1. The zero-order chi connectivity index (χ0) is 15.4. The molecule has 0 amide bonds. The molecule has 0 spiro atoms. The molecule has 0 fully saturated rings. The number of methoxy groups -OCH3 is 1. The molecule has 0 atom stereocenters. The number of nitrogens with two attached hydrogens (primary N) is 1.